The highest BCUT2D eigenvalue weighted by Gasteiger charge is 2.23. The van der Waals surface area contributed by atoms with Gasteiger partial charge in [0, 0.05) is 45.7 Å². The van der Waals surface area contributed by atoms with E-state index in [-0.39, 0.29) is 34.0 Å². The van der Waals surface area contributed by atoms with Crippen LogP contribution >= 0.6 is 0 Å². The summed E-state index contributed by atoms with van der Waals surface area (Å²) in [7, 11) is 4.16. The Morgan fingerprint density at radius 1 is 0.404 bits per heavy atom. The zero-order valence-electron chi connectivity index (χ0n) is 32.3. The van der Waals surface area contributed by atoms with Gasteiger partial charge >= 0.3 is 0 Å². The quantitative estimate of drug-likeness (QED) is 0.0647. The maximum atomic E-state index is 6.28. The van der Waals surface area contributed by atoms with Crippen molar-refractivity contribution in [3.63, 3.8) is 0 Å². The molecule has 8 rings (SSSR count). The number of nitrogens with two attached hydrogens (primary N) is 4. The summed E-state index contributed by atoms with van der Waals surface area (Å²) in [5.41, 5.74) is 34.3. The van der Waals surface area contributed by atoms with E-state index in [0.29, 0.717) is 13.2 Å². The number of aromatic nitrogens is 2. The monoisotopic (exact) mass is 886 g/mol. The Labute approximate surface area is 354 Å². The number of anilines is 4. The second-order valence-corrected chi connectivity index (χ2v) is 14.5. The van der Waals surface area contributed by atoms with Crippen molar-refractivity contribution in [3.8, 4) is 34.0 Å². The van der Waals surface area contributed by atoms with Gasteiger partial charge in [-0.15, -0.1) is 0 Å². The molecule has 0 atom stereocenters. The molecule has 57 heavy (non-hydrogen) atoms. The number of rotatable bonds is 12. The molecule has 10 heteroatoms. The standard InChI is InChI=1S/C47H46N6O2.2BrH/c1-52-44-28-34(50)16-20-40(44)38-18-14-32(48)26-42(38)46(52)30-10-8-12-36(24-30)54-22-6-4-3-5-7-23-55-37-13-9-11-31(25-37)47-43-27-33(49)15-19-39(43)41-21-17-35(51)29-45(41)53(47)2;;/h8-21,24-29,50-51H,3-7,22-23,48-49H2,1-2H3;2*1H. The van der Waals surface area contributed by atoms with E-state index in [2.05, 4.69) is 96.0 Å². The van der Waals surface area contributed by atoms with E-state index in [1.165, 1.54) is 0 Å². The maximum absolute atomic E-state index is 6.28. The molecule has 8 nitrogen and oxygen atoms in total. The number of hydrogen-bond acceptors (Lipinski definition) is 6. The van der Waals surface area contributed by atoms with Crippen LogP contribution < -0.4 is 75.5 Å². The molecule has 0 saturated carbocycles. The zero-order valence-corrected chi connectivity index (χ0v) is 35.4. The number of ether oxygens (including phenoxy) is 2. The number of fused-ring (bicyclic) bond motifs is 6. The number of aryl methyl sites for hydroxylation is 2. The van der Waals surface area contributed by atoms with Gasteiger partial charge in [-0.05, 0) is 97.8 Å². The van der Waals surface area contributed by atoms with E-state index in [1.54, 1.807) is 0 Å². The first-order chi connectivity index (χ1) is 26.7. The predicted molar refractivity (Wildman–Crippen MR) is 228 cm³/mol. The van der Waals surface area contributed by atoms with Gasteiger partial charge in [0.05, 0.1) is 45.9 Å². The third kappa shape index (κ3) is 8.43. The van der Waals surface area contributed by atoms with E-state index >= 15 is 0 Å². The van der Waals surface area contributed by atoms with E-state index in [4.69, 9.17) is 32.4 Å². The van der Waals surface area contributed by atoms with Crippen molar-refractivity contribution >= 4 is 66.1 Å². The summed E-state index contributed by atoms with van der Waals surface area (Å²) < 4.78 is 16.9. The Kier molecular flexibility index (Phi) is 12.7. The van der Waals surface area contributed by atoms with Gasteiger partial charge in [0.1, 0.15) is 25.6 Å². The summed E-state index contributed by atoms with van der Waals surface area (Å²) in [6.45, 7) is 1.33. The molecule has 8 aromatic rings. The van der Waals surface area contributed by atoms with Crippen molar-refractivity contribution in [1.29, 1.82) is 0 Å². The fraction of sp³-hybridized carbons (Fsp3) is 0.191. The smallest absolute Gasteiger partial charge is 0.220 e. The number of halogens is 2. The number of unbranched alkanes of at least 4 members (excludes halogenated alkanes) is 4. The minimum Gasteiger partial charge on any atom is -1.00 e. The molecule has 2 heterocycles. The molecular weight excluding hydrogens is 840 g/mol. The van der Waals surface area contributed by atoms with Gasteiger partial charge in [0.25, 0.3) is 0 Å². The summed E-state index contributed by atoms with van der Waals surface area (Å²) >= 11 is 0. The summed E-state index contributed by atoms with van der Waals surface area (Å²) in [6, 6.07) is 41.0. The molecule has 8 N–H and O–H groups in total. The van der Waals surface area contributed by atoms with E-state index < -0.39 is 0 Å². The van der Waals surface area contributed by atoms with Crippen molar-refractivity contribution in [1.82, 2.24) is 0 Å². The van der Waals surface area contributed by atoms with Crippen LogP contribution in [0, 0.1) is 0 Å². The van der Waals surface area contributed by atoms with E-state index in [9.17, 15) is 0 Å². The SMILES string of the molecule is C[n+]1c(-c2cccc(OCCCCCCCOc3cccc(-c4c5cc(N)ccc5c5ccc(N)cc5[n+]4C)c3)c2)c2cc(N)ccc2c2ccc(N)cc21.[Br-].[Br-]. The molecule has 0 saturated heterocycles. The molecule has 6 aromatic carbocycles. The minimum atomic E-state index is 0. The Balaban J connectivity index is 0.00000275. The van der Waals surface area contributed by atoms with Crippen LogP contribution in [0.1, 0.15) is 32.1 Å². The van der Waals surface area contributed by atoms with Gasteiger partial charge in [-0.25, -0.2) is 0 Å². The van der Waals surface area contributed by atoms with Crippen LogP contribution in [-0.2, 0) is 14.1 Å². The third-order valence-electron chi connectivity index (χ3n) is 10.7. The van der Waals surface area contributed by atoms with Crippen molar-refractivity contribution in [2.45, 2.75) is 32.1 Å². The molecule has 0 unspecified atom stereocenters. The lowest BCUT2D eigenvalue weighted by Crippen LogP contribution is -3.00. The Morgan fingerprint density at radius 2 is 0.772 bits per heavy atom. The molecule has 292 valence electrons. The van der Waals surface area contributed by atoms with Crippen LogP contribution in [0.3, 0.4) is 0 Å². The summed E-state index contributed by atoms with van der Waals surface area (Å²) in [4.78, 5) is 0. The molecule has 0 spiro atoms. The lowest BCUT2D eigenvalue weighted by Gasteiger charge is -2.12. The summed E-state index contributed by atoms with van der Waals surface area (Å²) in [5, 5.41) is 6.76. The van der Waals surface area contributed by atoms with Crippen molar-refractivity contribution in [2.24, 2.45) is 14.1 Å². The van der Waals surface area contributed by atoms with E-state index in [0.717, 1.165) is 132 Å². The molecule has 0 bridgehead atoms. The predicted octanol–water partition coefficient (Wildman–Crippen LogP) is 3.03. The summed E-state index contributed by atoms with van der Waals surface area (Å²) in [5.74, 6) is 1.71. The average molecular weight is 889 g/mol. The van der Waals surface area contributed by atoms with Gasteiger partial charge in [-0.1, -0.05) is 43.5 Å². The Hall–Kier alpha value is -5.58. The second kappa shape index (κ2) is 17.7. The van der Waals surface area contributed by atoms with Crippen molar-refractivity contribution in [2.75, 3.05) is 36.1 Å². The lowest BCUT2D eigenvalue weighted by molar-refractivity contribution is -0.632. The molecular formula is C47H48Br2N6O2. The largest absolute Gasteiger partial charge is 1.00 e. The average Bonchev–Trinajstić information content (AvgIpc) is 3.18. The summed E-state index contributed by atoms with van der Waals surface area (Å²) in [6.07, 6.45) is 5.30. The first kappa shape index (κ1) is 41.1. The minimum absolute atomic E-state index is 0. The van der Waals surface area contributed by atoms with Gasteiger partial charge in [0.2, 0.25) is 22.4 Å². The van der Waals surface area contributed by atoms with Crippen molar-refractivity contribution in [3.05, 3.63) is 121 Å². The number of pyridine rings is 2. The molecule has 2 aromatic heterocycles. The Morgan fingerprint density at radius 3 is 1.19 bits per heavy atom. The lowest BCUT2D eigenvalue weighted by atomic mass is 9.98. The third-order valence-corrected chi connectivity index (χ3v) is 10.7. The first-order valence-electron chi connectivity index (χ1n) is 19.0. The molecule has 0 amide bonds. The van der Waals surface area contributed by atoms with Gasteiger partial charge in [-0.2, -0.15) is 9.13 Å². The molecule has 0 radical (unpaired) electrons. The molecule has 0 aliphatic carbocycles. The second-order valence-electron chi connectivity index (χ2n) is 14.5. The van der Waals surface area contributed by atoms with Crippen LogP contribution in [0.4, 0.5) is 22.7 Å². The van der Waals surface area contributed by atoms with Gasteiger partial charge < -0.3 is 66.4 Å². The molecule has 0 aliphatic heterocycles. The van der Waals surface area contributed by atoms with E-state index in [1.807, 2.05) is 48.5 Å². The van der Waals surface area contributed by atoms with Crippen LogP contribution in [0.5, 0.6) is 11.5 Å². The highest BCUT2D eigenvalue weighted by atomic mass is 79.9. The first-order valence-corrected chi connectivity index (χ1v) is 19.0. The van der Waals surface area contributed by atoms with Gasteiger partial charge in [-0.3, -0.25) is 0 Å². The highest BCUT2D eigenvalue weighted by molar-refractivity contribution is 6.11. The van der Waals surface area contributed by atoms with Crippen LogP contribution in [0.25, 0.3) is 65.9 Å². The molecule has 0 aliphatic rings. The number of hydrogen-bond donors (Lipinski definition) is 4. The number of benzene rings is 6. The topological polar surface area (TPSA) is 130 Å². The Bertz CT molecular complexity index is 2550. The normalized spacial score (nSPS) is 11.1. The van der Waals surface area contributed by atoms with Crippen LogP contribution in [0.15, 0.2) is 121 Å². The fourth-order valence-corrected chi connectivity index (χ4v) is 7.97. The number of nitrogens with zero attached hydrogens (tertiary/aromatic N) is 2. The van der Waals surface area contributed by atoms with Crippen LogP contribution in [0.2, 0.25) is 0 Å². The number of nitrogen functional groups attached to an aromatic ring is 4. The van der Waals surface area contributed by atoms with Crippen LogP contribution in [-0.4, -0.2) is 13.2 Å². The maximum Gasteiger partial charge on any atom is 0.220 e. The molecule has 0 fully saturated rings. The van der Waals surface area contributed by atoms with Crippen molar-refractivity contribution < 1.29 is 52.6 Å². The fourth-order valence-electron chi connectivity index (χ4n) is 7.97. The van der Waals surface area contributed by atoms with Gasteiger partial charge in [0.15, 0.2) is 0 Å². The zero-order chi connectivity index (χ0) is 38.1. The highest BCUT2D eigenvalue weighted by Crippen LogP contribution is 2.36.